The highest BCUT2D eigenvalue weighted by atomic mass is 79.9. The SMILES string of the molecule is COc1cccc(CN2CCOc3cc(Br)ccc3C2=O)c1. The molecule has 0 radical (unpaired) electrons. The number of hydrogen-bond acceptors (Lipinski definition) is 3. The van der Waals surface area contributed by atoms with Crippen LogP contribution in [0, 0.1) is 0 Å². The summed E-state index contributed by atoms with van der Waals surface area (Å²) in [5.41, 5.74) is 1.64. The van der Waals surface area contributed by atoms with Crippen LogP contribution in [0.5, 0.6) is 11.5 Å². The number of carbonyl (C=O) groups is 1. The molecule has 2 aromatic rings. The van der Waals surface area contributed by atoms with Crippen molar-refractivity contribution in [2.75, 3.05) is 20.3 Å². The summed E-state index contributed by atoms with van der Waals surface area (Å²) in [6.45, 7) is 1.58. The van der Waals surface area contributed by atoms with Crippen molar-refractivity contribution in [1.29, 1.82) is 0 Å². The van der Waals surface area contributed by atoms with Crippen molar-refractivity contribution >= 4 is 21.8 Å². The molecule has 2 aromatic carbocycles. The smallest absolute Gasteiger partial charge is 0.258 e. The van der Waals surface area contributed by atoms with E-state index < -0.39 is 0 Å². The summed E-state index contributed by atoms with van der Waals surface area (Å²) in [6.07, 6.45) is 0. The van der Waals surface area contributed by atoms with Crippen LogP contribution in [0.15, 0.2) is 46.9 Å². The molecule has 0 saturated heterocycles. The van der Waals surface area contributed by atoms with Gasteiger partial charge in [0.05, 0.1) is 19.2 Å². The average molecular weight is 362 g/mol. The van der Waals surface area contributed by atoms with Gasteiger partial charge in [0.15, 0.2) is 0 Å². The first-order valence-electron chi connectivity index (χ1n) is 7.02. The van der Waals surface area contributed by atoms with E-state index in [0.717, 1.165) is 15.8 Å². The molecule has 114 valence electrons. The molecule has 1 heterocycles. The molecule has 0 unspecified atom stereocenters. The normalized spacial score (nSPS) is 14.1. The van der Waals surface area contributed by atoms with Crippen LogP contribution in [0.3, 0.4) is 0 Å². The third-order valence-electron chi connectivity index (χ3n) is 3.59. The zero-order valence-electron chi connectivity index (χ0n) is 12.2. The van der Waals surface area contributed by atoms with Crippen LogP contribution in [0.4, 0.5) is 0 Å². The number of amides is 1. The fourth-order valence-electron chi connectivity index (χ4n) is 2.47. The van der Waals surface area contributed by atoms with Crippen LogP contribution in [-0.2, 0) is 6.54 Å². The van der Waals surface area contributed by atoms with Gasteiger partial charge in [-0.05, 0) is 35.9 Å². The van der Waals surface area contributed by atoms with E-state index >= 15 is 0 Å². The summed E-state index contributed by atoms with van der Waals surface area (Å²) < 4.78 is 11.8. The minimum Gasteiger partial charge on any atom is -0.497 e. The summed E-state index contributed by atoms with van der Waals surface area (Å²) in [4.78, 5) is 14.5. The van der Waals surface area contributed by atoms with Crippen LogP contribution in [0.25, 0.3) is 0 Å². The highest BCUT2D eigenvalue weighted by molar-refractivity contribution is 9.10. The van der Waals surface area contributed by atoms with Gasteiger partial charge in [-0.15, -0.1) is 0 Å². The molecule has 0 aromatic heterocycles. The van der Waals surface area contributed by atoms with Gasteiger partial charge in [0, 0.05) is 11.0 Å². The minimum absolute atomic E-state index is 0.0113. The van der Waals surface area contributed by atoms with Gasteiger partial charge in [0.2, 0.25) is 0 Å². The maximum absolute atomic E-state index is 12.7. The molecule has 3 rings (SSSR count). The number of benzene rings is 2. The van der Waals surface area contributed by atoms with Crippen molar-refractivity contribution in [3.05, 3.63) is 58.1 Å². The van der Waals surface area contributed by atoms with Gasteiger partial charge in [-0.25, -0.2) is 0 Å². The van der Waals surface area contributed by atoms with Crippen molar-refractivity contribution in [2.45, 2.75) is 6.54 Å². The second kappa shape index (κ2) is 6.40. The third kappa shape index (κ3) is 3.09. The quantitative estimate of drug-likeness (QED) is 0.839. The zero-order chi connectivity index (χ0) is 15.5. The second-order valence-corrected chi connectivity index (χ2v) is 5.98. The number of nitrogens with zero attached hydrogens (tertiary/aromatic N) is 1. The molecule has 0 spiro atoms. The average Bonchev–Trinajstić information content (AvgIpc) is 2.67. The summed E-state index contributed by atoms with van der Waals surface area (Å²) in [5, 5.41) is 0. The summed E-state index contributed by atoms with van der Waals surface area (Å²) >= 11 is 3.40. The van der Waals surface area contributed by atoms with E-state index in [4.69, 9.17) is 9.47 Å². The Bertz CT molecular complexity index is 702. The van der Waals surface area contributed by atoms with Crippen LogP contribution >= 0.6 is 15.9 Å². The van der Waals surface area contributed by atoms with E-state index in [-0.39, 0.29) is 5.91 Å². The number of carbonyl (C=O) groups excluding carboxylic acids is 1. The Balaban J connectivity index is 1.85. The first-order chi connectivity index (χ1) is 10.7. The molecule has 0 bridgehead atoms. The standard InChI is InChI=1S/C17H16BrNO3/c1-21-14-4-2-3-12(9-14)11-19-7-8-22-16-10-13(18)5-6-15(16)17(19)20/h2-6,9-10H,7-8,11H2,1H3. The monoisotopic (exact) mass is 361 g/mol. The highest BCUT2D eigenvalue weighted by Crippen LogP contribution is 2.27. The number of ether oxygens (including phenoxy) is 2. The lowest BCUT2D eigenvalue weighted by atomic mass is 10.1. The second-order valence-electron chi connectivity index (χ2n) is 5.07. The summed E-state index contributed by atoms with van der Waals surface area (Å²) in [6, 6.07) is 13.2. The highest BCUT2D eigenvalue weighted by Gasteiger charge is 2.23. The van der Waals surface area contributed by atoms with E-state index in [9.17, 15) is 4.79 Å². The Hall–Kier alpha value is -2.01. The van der Waals surface area contributed by atoms with Crippen molar-refractivity contribution in [2.24, 2.45) is 0 Å². The van der Waals surface area contributed by atoms with Gasteiger partial charge >= 0.3 is 0 Å². The molecule has 0 N–H and O–H groups in total. The number of methoxy groups -OCH3 is 1. The van der Waals surface area contributed by atoms with Gasteiger partial charge in [0.25, 0.3) is 5.91 Å². The lowest BCUT2D eigenvalue weighted by Gasteiger charge is -2.20. The molecule has 0 saturated carbocycles. The van der Waals surface area contributed by atoms with Crippen LogP contribution < -0.4 is 9.47 Å². The maximum Gasteiger partial charge on any atom is 0.258 e. The fourth-order valence-corrected chi connectivity index (χ4v) is 2.81. The van der Waals surface area contributed by atoms with Crippen LogP contribution in [-0.4, -0.2) is 31.1 Å². The van der Waals surface area contributed by atoms with E-state index in [0.29, 0.717) is 31.0 Å². The van der Waals surface area contributed by atoms with E-state index in [1.54, 1.807) is 18.1 Å². The van der Waals surface area contributed by atoms with E-state index in [1.807, 2.05) is 36.4 Å². The third-order valence-corrected chi connectivity index (χ3v) is 4.08. The van der Waals surface area contributed by atoms with E-state index in [2.05, 4.69) is 15.9 Å². The van der Waals surface area contributed by atoms with E-state index in [1.165, 1.54) is 0 Å². The molecule has 1 aliphatic heterocycles. The maximum atomic E-state index is 12.7. The minimum atomic E-state index is -0.0113. The van der Waals surface area contributed by atoms with Crippen molar-refractivity contribution < 1.29 is 14.3 Å². The van der Waals surface area contributed by atoms with Gasteiger partial charge in [0.1, 0.15) is 18.1 Å². The number of halogens is 1. The first-order valence-corrected chi connectivity index (χ1v) is 7.81. The topological polar surface area (TPSA) is 38.8 Å². The van der Waals surface area contributed by atoms with Crippen molar-refractivity contribution in [3.63, 3.8) is 0 Å². The molecular weight excluding hydrogens is 346 g/mol. The van der Waals surface area contributed by atoms with Gasteiger partial charge < -0.3 is 14.4 Å². The molecule has 1 amide bonds. The molecule has 4 nitrogen and oxygen atoms in total. The van der Waals surface area contributed by atoms with Gasteiger partial charge in [-0.3, -0.25) is 4.79 Å². The lowest BCUT2D eigenvalue weighted by molar-refractivity contribution is 0.0743. The Kier molecular flexibility index (Phi) is 4.34. The number of rotatable bonds is 3. The van der Waals surface area contributed by atoms with Crippen molar-refractivity contribution in [3.8, 4) is 11.5 Å². The van der Waals surface area contributed by atoms with Gasteiger partial charge in [-0.1, -0.05) is 28.1 Å². The predicted molar refractivity (Wildman–Crippen MR) is 87.4 cm³/mol. The largest absolute Gasteiger partial charge is 0.497 e. The Morgan fingerprint density at radius 2 is 2.14 bits per heavy atom. The van der Waals surface area contributed by atoms with Crippen LogP contribution in [0.2, 0.25) is 0 Å². The van der Waals surface area contributed by atoms with Crippen LogP contribution in [0.1, 0.15) is 15.9 Å². The Labute approximate surface area is 137 Å². The zero-order valence-corrected chi connectivity index (χ0v) is 13.8. The lowest BCUT2D eigenvalue weighted by Crippen LogP contribution is -2.31. The predicted octanol–water partition coefficient (Wildman–Crippen LogP) is 3.49. The molecule has 1 aliphatic rings. The molecule has 0 aliphatic carbocycles. The molecule has 0 atom stereocenters. The van der Waals surface area contributed by atoms with Gasteiger partial charge in [-0.2, -0.15) is 0 Å². The number of hydrogen-bond donors (Lipinski definition) is 0. The van der Waals surface area contributed by atoms with Crippen molar-refractivity contribution in [1.82, 2.24) is 4.90 Å². The summed E-state index contributed by atoms with van der Waals surface area (Å²) in [7, 11) is 1.64. The molecular formula is C17H16BrNO3. The summed E-state index contributed by atoms with van der Waals surface area (Å²) in [5.74, 6) is 1.41. The first kappa shape index (κ1) is 14.9. The molecule has 22 heavy (non-hydrogen) atoms. The molecule has 0 fully saturated rings. The number of fused-ring (bicyclic) bond motifs is 1. The fraction of sp³-hybridized carbons (Fsp3) is 0.235. The molecule has 5 heteroatoms. The Morgan fingerprint density at radius 1 is 1.27 bits per heavy atom. The Morgan fingerprint density at radius 3 is 2.95 bits per heavy atom.